The van der Waals surface area contributed by atoms with E-state index >= 15 is 0 Å². The average Bonchev–Trinajstić information content (AvgIpc) is 3.16. The van der Waals surface area contributed by atoms with Gasteiger partial charge in [0.05, 0.1) is 50.4 Å². The minimum Gasteiger partial charge on any atom is -0.397 e. The molecular weight excluding hydrogens is 733 g/mol. The second-order valence-corrected chi connectivity index (χ2v) is 14.1. The van der Waals surface area contributed by atoms with E-state index < -0.39 is 25.1 Å². The summed E-state index contributed by atoms with van der Waals surface area (Å²) in [6.07, 6.45) is 0. The molecule has 0 atom stereocenters. The summed E-state index contributed by atoms with van der Waals surface area (Å²) < 4.78 is 66.5. The van der Waals surface area contributed by atoms with Crippen molar-refractivity contribution in [2.24, 2.45) is 40.9 Å². The zero-order valence-electron chi connectivity index (χ0n) is 27.8. The topological polar surface area (TPSA) is 260 Å². The molecule has 18 heteroatoms. The van der Waals surface area contributed by atoms with Gasteiger partial charge < -0.3 is 11.5 Å². The normalized spacial score (nSPS) is 12.4. The van der Waals surface area contributed by atoms with Crippen LogP contribution in [-0.4, -0.2) is 25.9 Å². The highest BCUT2D eigenvalue weighted by molar-refractivity contribution is 7.86. The lowest BCUT2D eigenvalue weighted by Gasteiger charge is -2.12. The van der Waals surface area contributed by atoms with Crippen LogP contribution in [0.4, 0.5) is 56.9 Å². The van der Waals surface area contributed by atoms with Gasteiger partial charge in [0.2, 0.25) is 0 Å². The maximum Gasteiger partial charge on any atom is 0.295 e. The number of hydrogen-bond acceptors (Lipinski definition) is 14. The van der Waals surface area contributed by atoms with Crippen LogP contribution in [-0.2, 0) is 20.2 Å². The van der Waals surface area contributed by atoms with Crippen molar-refractivity contribution in [2.75, 3.05) is 11.5 Å². The molecule has 0 aliphatic heterocycles. The van der Waals surface area contributed by atoms with Gasteiger partial charge in [0.1, 0.15) is 16.3 Å². The van der Waals surface area contributed by atoms with Crippen LogP contribution < -0.4 is 11.5 Å². The van der Waals surface area contributed by atoms with Gasteiger partial charge in [0.15, 0.2) is 0 Å². The Morgan fingerprint density at radius 2 is 0.815 bits per heavy atom. The molecule has 6 aromatic rings. The number of anilines is 2. The van der Waals surface area contributed by atoms with Crippen molar-refractivity contribution in [2.45, 2.75) is 9.79 Å². The zero-order chi connectivity index (χ0) is 38.3. The Bertz CT molecular complexity index is 2650. The standard InChI is InChI=1S/C36H28N10O6S2/c37-32-19-6-23(20-34(32)45-43-27-11-9-26(10-12-27)41-42-29-15-17-30(18-16-29)53(47,48)49)31-21-35(33(38)22-36(31)54(50,51)52)46-44-28-13-7-25(8-14-28)40-39-24-4-2-1-3-5-24/h1-22H,37-38H2,(H,47,48,49)(H,50,51,52). The number of azo groups is 4. The summed E-state index contributed by atoms with van der Waals surface area (Å²) >= 11 is 0. The van der Waals surface area contributed by atoms with Gasteiger partial charge in [0.25, 0.3) is 20.2 Å². The van der Waals surface area contributed by atoms with E-state index in [1.807, 2.05) is 30.3 Å². The first-order valence-electron chi connectivity index (χ1n) is 15.6. The van der Waals surface area contributed by atoms with Crippen LogP contribution in [0.3, 0.4) is 0 Å². The van der Waals surface area contributed by atoms with E-state index in [1.165, 1.54) is 42.5 Å². The highest BCUT2D eigenvalue weighted by Crippen LogP contribution is 2.39. The Morgan fingerprint density at radius 1 is 0.407 bits per heavy atom. The number of rotatable bonds is 11. The molecule has 0 heterocycles. The average molecular weight is 761 g/mol. The van der Waals surface area contributed by atoms with Crippen LogP contribution in [0.25, 0.3) is 11.1 Å². The third kappa shape index (κ3) is 9.52. The Morgan fingerprint density at radius 3 is 1.26 bits per heavy atom. The number of nitrogens with zero attached hydrogens (tertiary/aromatic N) is 8. The van der Waals surface area contributed by atoms with Crippen LogP contribution in [0.2, 0.25) is 0 Å². The molecular formula is C36H28N10O6S2. The molecule has 0 aliphatic carbocycles. The van der Waals surface area contributed by atoms with Crippen LogP contribution >= 0.6 is 0 Å². The maximum atomic E-state index is 12.4. The molecule has 0 saturated carbocycles. The largest absolute Gasteiger partial charge is 0.397 e. The lowest BCUT2D eigenvalue weighted by atomic mass is 10.0. The quantitative estimate of drug-likeness (QED) is 0.0559. The second-order valence-electron chi connectivity index (χ2n) is 11.3. The van der Waals surface area contributed by atoms with Gasteiger partial charge in [-0.05, 0) is 115 Å². The number of nitrogen functional groups attached to an aromatic ring is 2. The Labute approximate surface area is 308 Å². The van der Waals surface area contributed by atoms with E-state index in [-0.39, 0.29) is 33.2 Å². The van der Waals surface area contributed by atoms with E-state index in [9.17, 15) is 21.4 Å². The Kier molecular flexibility index (Phi) is 10.8. The van der Waals surface area contributed by atoms with E-state index in [0.29, 0.717) is 39.7 Å². The number of benzene rings is 6. The van der Waals surface area contributed by atoms with Gasteiger partial charge in [-0.2, -0.15) is 47.5 Å². The Hall–Kier alpha value is -6.86. The molecule has 0 aromatic heterocycles. The SMILES string of the molecule is Nc1ccc(-c2cc(N=Nc3ccc(N=Nc4ccccc4)cc3)c(N)cc2S(=O)(=O)O)cc1N=Nc1ccc(N=Nc2ccc(S(=O)(=O)O)cc2)cc1. The lowest BCUT2D eigenvalue weighted by molar-refractivity contribution is 0.481. The van der Waals surface area contributed by atoms with Crippen molar-refractivity contribution in [3.05, 3.63) is 133 Å². The van der Waals surface area contributed by atoms with Crippen molar-refractivity contribution in [1.82, 2.24) is 0 Å². The molecule has 0 aliphatic rings. The monoisotopic (exact) mass is 760 g/mol. The summed E-state index contributed by atoms with van der Waals surface area (Å²) in [5.74, 6) is 0. The molecule has 270 valence electrons. The van der Waals surface area contributed by atoms with Gasteiger partial charge in [-0.25, -0.2) is 0 Å². The van der Waals surface area contributed by atoms with Crippen molar-refractivity contribution < 1.29 is 25.9 Å². The summed E-state index contributed by atoms with van der Waals surface area (Å²) in [4.78, 5) is -0.720. The fourth-order valence-electron chi connectivity index (χ4n) is 4.71. The smallest absolute Gasteiger partial charge is 0.295 e. The molecule has 6 rings (SSSR count). The molecule has 0 amide bonds. The van der Waals surface area contributed by atoms with Crippen LogP contribution in [0.5, 0.6) is 0 Å². The minimum absolute atomic E-state index is 0.0446. The van der Waals surface area contributed by atoms with Crippen molar-refractivity contribution in [3.63, 3.8) is 0 Å². The predicted molar refractivity (Wildman–Crippen MR) is 203 cm³/mol. The summed E-state index contributed by atoms with van der Waals surface area (Å²) in [5.41, 5.74) is 16.3. The third-order valence-corrected chi connectivity index (χ3v) is 9.21. The highest BCUT2D eigenvalue weighted by Gasteiger charge is 2.20. The van der Waals surface area contributed by atoms with Crippen LogP contribution in [0.1, 0.15) is 0 Å². The first-order chi connectivity index (χ1) is 25.8. The molecule has 0 bridgehead atoms. The zero-order valence-corrected chi connectivity index (χ0v) is 29.4. The molecule has 16 nitrogen and oxygen atoms in total. The maximum absolute atomic E-state index is 12.4. The molecule has 0 unspecified atom stereocenters. The fourth-order valence-corrected chi connectivity index (χ4v) is 5.92. The first-order valence-corrected chi connectivity index (χ1v) is 18.5. The fraction of sp³-hybridized carbons (Fsp3) is 0. The second kappa shape index (κ2) is 15.8. The molecule has 0 spiro atoms. The van der Waals surface area contributed by atoms with Crippen molar-refractivity contribution in [1.29, 1.82) is 0 Å². The highest BCUT2D eigenvalue weighted by atomic mass is 32.2. The summed E-state index contributed by atoms with van der Waals surface area (Å²) in [6, 6.07) is 34.8. The minimum atomic E-state index is -4.74. The van der Waals surface area contributed by atoms with E-state index in [0.717, 1.165) is 6.07 Å². The van der Waals surface area contributed by atoms with E-state index in [2.05, 4.69) is 40.9 Å². The van der Waals surface area contributed by atoms with Crippen molar-refractivity contribution >= 4 is 77.1 Å². The van der Waals surface area contributed by atoms with Crippen LogP contribution in [0.15, 0.2) is 184 Å². The summed E-state index contributed by atoms with van der Waals surface area (Å²) in [7, 11) is -9.06. The molecule has 6 aromatic carbocycles. The molecule has 6 N–H and O–H groups in total. The van der Waals surface area contributed by atoms with E-state index in [1.54, 1.807) is 54.6 Å². The summed E-state index contributed by atoms with van der Waals surface area (Å²) in [6.45, 7) is 0. The van der Waals surface area contributed by atoms with E-state index in [4.69, 9.17) is 16.0 Å². The van der Waals surface area contributed by atoms with Crippen LogP contribution in [0, 0.1) is 0 Å². The molecule has 0 fully saturated rings. The van der Waals surface area contributed by atoms with Gasteiger partial charge >= 0.3 is 0 Å². The van der Waals surface area contributed by atoms with Crippen molar-refractivity contribution in [3.8, 4) is 11.1 Å². The Balaban J connectivity index is 1.21. The first kappa shape index (κ1) is 36.9. The molecule has 54 heavy (non-hydrogen) atoms. The van der Waals surface area contributed by atoms with Gasteiger partial charge in [-0.1, -0.05) is 24.3 Å². The number of hydrogen-bond donors (Lipinski definition) is 4. The third-order valence-electron chi connectivity index (χ3n) is 7.45. The molecule has 0 saturated heterocycles. The predicted octanol–water partition coefficient (Wildman–Crippen LogP) is 10.7. The summed E-state index contributed by atoms with van der Waals surface area (Å²) in [5, 5.41) is 33.5. The number of nitrogens with two attached hydrogens (primary N) is 2. The lowest BCUT2D eigenvalue weighted by Crippen LogP contribution is -2.02. The van der Waals surface area contributed by atoms with Gasteiger partial charge in [-0.3, -0.25) is 9.11 Å². The molecule has 0 radical (unpaired) electrons. The van der Waals surface area contributed by atoms with Gasteiger partial charge in [-0.15, -0.1) is 10.2 Å². The van der Waals surface area contributed by atoms with Gasteiger partial charge in [0, 0.05) is 5.56 Å².